The Morgan fingerprint density at radius 1 is 0.962 bits per heavy atom. The topological polar surface area (TPSA) is 41.5 Å². The highest BCUT2D eigenvalue weighted by molar-refractivity contribution is 9.10. The van der Waals surface area contributed by atoms with E-state index in [1.165, 1.54) is 69.1 Å². The van der Waals surface area contributed by atoms with Crippen LogP contribution in [0.4, 0.5) is 0 Å². The highest BCUT2D eigenvalue weighted by Crippen LogP contribution is 2.21. The third kappa shape index (κ3) is 9.22. The van der Waals surface area contributed by atoms with Gasteiger partial charge in [0, 0.05) is 15.9 Å². The van der Waals surface area contributed by atoms with Crippen molar-refractivity contribution in [3.8, 4) is 0 Å². The number of nitrogens with zero attached hydrogens (tertiary/aromatic N) is 1. The Bertz CT molecular complexity index is 563. The Hall–Kier alpha value is -0.810. The molecule has 0 radical (unpaired) electrons. The van der Waals surface area contributed by atoms with Crippen LogP contribution in [0.25, 0.3) is 0 Å². The van der Waals surface area contributed by atoms with Crippen molar-refractivity contribution in [1.82, 2.24) is 5.43 Å². The Kier molecular flexibility index (Phi) is 11.1. The highest BCUT2D eigenvalue weighted by atomic mass is 79.9. The third-order valence-electron chi connectivity index (χ3n) is 4.72. The number of thioether (sulfide) groups is 1. The van der Waals surface area contributed by atoms with Crippen LogP contribution in [0.2, 0.25) is 0 Å². The molecule has 0 spiro atoms. The van der Waals surface area contributed by atoms with E-state index in [4.69, 9.17) is 0 Å². The van der Waals surface area contributed by atoms with Gasteiger partial charge in [0.15, 0.2) is 0 Å². The molecule has 1 aromatic carbocycles. The maximum atomic E-state index is 12.1. The third-order valence-corrected chi connectivity index (χ3v) is 6.47. The van der Waals surface area contributed by atoms with Crippen LogP contribution < -0.4 is 5.43 Å². The summed E-state index contributed by atoms with van der Waals surface area (Å²) < 4.78 is 1.10. The summed E-state index contributed by atoms with van der Waals surface area (Å²) >= 11 is 5.17. The zero-order valence-electron chi connectivity index (χ0n) is 15.6. The van der Waals surface area contributed by atoms with Gasteiger partial charge in [0.2, 0.25) is 5.91 Å². The van der Waals surface area contributed by atoms with E-state index < -0.39 is 0 Å². The summed E-state index contributed by atoms with van der Waals surface area (Å²) in [5, 5.41) is 4.45. The lowest BCUT2D eigenvalue weighted by Gasteiger charge is -2.10. The Balaban J connectivity index is 1.72. The number of hydrazone groups is 1. The van der Waals surface area contributed by atoms with Gasteiger partial charge in [-0.2, -0.15) is 5.10 Å². The summed E-state index contributed by atoms with van der Waals surface area (Å²) in [6.07, 6.45) is 13.9. The maximum Gasteiger partial charge on any atom is 0.250 e. The van der Waals surface area contributed by atoms with Gasteiger partial charge in [-0.3, -0.25) is 4.79 Å². The minimum Gasteiger partial charge on any atom is -0.272 e. The van der Waals surface area contributed by atoms with E-state index in [2.05, 4.69) is 32.5 Å². The smallest absolute Gasteiger partial charge is 0.250 e. The number of hydrogen-bond donors (Lipinski definition) is 1. The minimum absolute atomic E-state index is 0.000620. The minimum atomic E-state index is 0.000620. The Morgan fingerprint density at radius 2 is 1.54 bits per heavy atom. The SMILES string of the molecule is O=C(CSCc1ccccc1Br)NN=C1CCCCCCCCCCC1. The summed E-state index contributed by atoms with van der Waals surface area (Å²) in [6.45, 7) is 0. The quantitative estimate of drug-likeness (QED) is 0.535. The van der Waals surface area contributed by atoms with Gasteiger partial charge < -0.3 is 0 Å². The van der Waals surface area contributed by atoms with Crippen molar-refractivity contribution >= 4 is 39.3 Å². The van der Waals surface area contributed by atoms with Crippen molar-refractivity contribution in [1.29, 1.82) is 0 Å². The molecule has 1 fully saturated rings. The van der Waals surface area contributed by atoms with Crippen LogP contribution in [0.3, 0.4) is 0 Å². The van der Waals surface area contributed by atoms with Gasteiger partial charge in [-0.05, 0) is 37.3 Å². The van der Waals surface area contributed by atoms with Crippen LogP contribution in [0, 0.1) is 0 Å². The van der Waals surface area contributed by atoms with Crippen molar-refractivity contribution in [2.75, 3.05) is 5.75 Å². The van der Waals surface area contributed by atoms with Crippen LogP contribution in [-0.4, -0.2) is 17.4 Å². The average molecular weight is 439 g/mol. The summed E-state index contributed by atoms with van der Waals surface area (Å²) in [7, 11) is 0. The predicted octanol–water partition coefficient (Wildman–Crippen LogP) is 6.46. The second-order valence-corrected chi connectivity index (χ2v) is 8.82. The molecule has 5 heteroatoms. The maximum absolute atomic E-state index is 12.1. The molecule has 0 unspecified atom stereocenters. The number of hydrogen-bond acceptors (Lipinski definition) is 3. The van der Waals surface area contributed by atoms with E-state index in [0.717, 1.165) is 23.1 Å². The number of benzene rings is 1. The molecule has 144 valence electrons. The summed E-state index contributed by atoms with van der Waals surface area (Å²) in [4.78, 5) is 12.1. The first kappa shape index (κ1) is 21.5. The molecule has 0 aromatic heterocycles. The normalized spacial score (nSPS) is 17.0. The lowest BCUT2D eigenvalue weighted by molar-refractivity contribution is -0.118. The summed E-state index contributed by atoms with van der Waals surface area (Å²) in [6, 6.07) is 8.14. The molecule has 26 heavy (non-hydrogen) atoms. The van der Waals surface area contributed by atoms with Gasteiger partial charge >= 0.3 is 0 Å². The summed E-state index contributed by atoms with van der Waals surface area (Å²) in [5.41, 5.74) is 5.18. The van der Waals surface area contributed by atoms with E-state index in [-0.39, 0.29) is 5.91 Å². The van der Waals surface area contributed by atoms with E-state index in [1.807, 2.05) is 18.2 Å². The first-order valence-corrected chi connectivity index (χ1v) is 11.9. The molecule has 0 saturated heterocycles. The average Bonchev–Trinajstić information content (AvgIpc) is 2.63. The number of rotatable bonds is 5. The molecule has 1 aliphatic carbocycles. The standard InChI is InChI=1S/C21H31BrN2OS/c22-20-15-11-10-12-18(20)16-26-17-21(25)24-23-19-13-8-6-4-2-1-3-5-7-9-14-19/h10-12,15H,1-9,13-14,16-17H2,(H,24,25). The van der Waals surface area contributed by atoms with Crippen molar-refractivity contribution in [2.24, 2.45) is 5.10 Å². The van der Waals surface area contributed by atoms with Gasteiger partial charge in [-0.25, -0.2) is 5.43 Å². The van der Waals surface area contributed by atoms with E-state index >= 15 is 0 Å². The molecule has 0 bridgehead atoms. The zero-order chi connectivity index (χ0) is 18.5. The van der Waals surface area contributed by atoms with Crippen LogP contribution >= 0.6 is 27.7 Å². The van der Waals surface area contributed by atoms with Crippen molar-refractivity contribution in [3.63, 3.8) is 0 Å². The number of amides is 1. The lowest BCUT2D eigenvalue weighted by atomic mass is 10.00. The molecule has 2 rings (SSSR count). The molecular weight excluding hydrogens is 408 g/mol. The molecule has 1 saturated carbocycles. The second-order valence-electron chi connectivity index (χ2n) is 6.98. The number of halogens is 1. The first-order chi connectivity index (χ1) is 12.8. The second kappa shape index (κ2) is 13.4. The molecule has 1 N–H and O–H groups in total. The van der Waals surface area contributed by atoms with Gasteiger partial charge in [0.05, 0.1) is 5.75 Å². The van der Waals surface area contributed by atoms with E-state index in [1.54, 1.807) is 11.8 Å². The number of nitrogens with one attached hydrogen (secondary N) is 1. The van der Waals surface area contributed by atoms with Crippen LogP contribution in [0.5, 0.6) is 0 Å². The zero-order valence-corrected chi connectivity index (χ0v) is 18.0. The van der Waals surface area contributed by atoms with Crippen molar-refractivity contribution in [3.05, 3.63) is 34.3 Å². The Morgan fingerprint density at radius 3 is 2.15 bits per heavy atom. The van der Waals surface area contributed by atoms with Gasteiger partial charge in [0.25, 0.3) is 0 Å². The molecule has 0 aliphatic heterocycles. The van der Waals surface area contributed by atoms with Crippen LogP contribution in [-0.2, 0) is 10.5 Å². The molecule has 3 nitrogen and oxygen atoms in total. The van der Waals surface area contributed by atoms with Gasteiger partial charge in [-0.1, -0.05) is 79.1 Å². The fourth-order valence-corrected chi connectivity index (χ4v) is 4.61. The van der Waals surface area contributed by atoms with Crippen molar-refractivity contribution in [2.45, 2.75) is 76.4 Å². The molecule has 0 heterocycles. The highest BCUT2D eigenvalue weighted by Gasteiger charge is 2.06. The monoisotopic (exact) mass is 438 g/mol. The number of carbonyl (C=O) groups is 1. The van der Waals surface area contributed by atoms with Gasteiger partial charge in [-0.15, -0.1) is 11.8 Å². The van der Waals surface area contributed by atoms with E-state index in [0.29, 0.717) is 5.75 Å². The molecule has 1 amide bonds. The first-order valence-electron chi connectivity index (χ1n) is 9.91. The fourth-order valence-electron chi connectivity index (χ4n) is 3.18. The predicted molar refractivity (Wildman–Crippen MR) is 117 cm³/mol. The van der Waals surface area contributed by atoms with Crippen LogP contribution in [0.1, 0.15) is 76.2 Å². The molecule has 1 aromatic rings. The van der Waals surface area contributed by atoms with E-state index in [9.17, 15) is 4.79 Å². The van der Waals surface area contributed by atoms with Gasteiger partial charge in [0.1, 0.15) is 0 Å². The molecule has 0 atom stereocenters. The number of carbonyl (C=O) groups excluding carboxylic acids is 1. The largest absolute Gasteiger partial charge is 0.272 e. The molecule has 1 aliphatic rings. The van der Waals surface area contributed by atoms with Crippen molar-refractivity contribution < 1.29 is 4.79 Å². The van der Waals surface area contributed by atoms with Crippen LogP contribution in [0.15, 0.2) is 33.8 Å². The molecular formula is C21H31BrN2OS. The Labute approximate surface area is 170 Å². The summed E-state index contributed by atoms with van der Waals surface area (Å²) in [5.74, 6) is 1.27. The fraction of sp³-hybridized carbons (Fsp3) is 0.619. The lowest BCUT2D eigenvalue weighted by Crippen LogP contribution is -2.21.